The fourth-order valence-electron chi connectivity index (χ4n) is 2.64. The second kappa shape index (κ2) is 12.3. The Kier molecular flexibility index (Phi) is 12.4. The summed E-state index contributed by atoms with van der Waals surface area (Å²) in [6, 6.07) is 4.55. The highest BCUT2D eigenvalue weighted by atomic mass is 28.3. The van der Waals surface area contributed by atoms with Gasteiger partial charge in [0, 0.05) is 8.07 Å². The van der Waals surface area contributed by atoms with Crippen LogP contribution in [0.25, 0.3) is 0 Å². The summed E-state index contributed by atoms with van der Waals surface area (Å²) < 4.78 is 0. The van der Waals surface area contributed by atoms with Gasteiger partial charge >= 0.3 is 0 Å². The fraction of sp³-hybridized carbons (Fsp3) is 1.00. The molecule has 0 fully saturated rings. The molecule has 0 aliphatic heterocycles. The predicted octanol–water partition coefficient (Wildman–Crippen LogP) is 7.03. The van der Waals surface area contributed by atoms with E-state index in [1.54, 1.807) is 6.04 Å². The van der Waals surface area contributed by atoms with Crippen LogP contribution in [0.3, 0.4) is 0 Å². The smallest absolute Gasteiger partial charge is 0.0499 e. The van der Waals surface area contributed by atoms with Gasteiger partial charge in [-0.2, -0.15) is 0 Å². The molecule has 0 heterocycles. The lowest BCUT2D eigenvalue weighted by molar-refractivity contribution is 0.561. The molecule has 1 heteroatoms. The lowest BCUT2D eigenvalue weighted by Gasteiger charge is -2.23. The third kappa shape index (κ3) is 10.2. The van der Waals surface area contributed by atoms with Gasteiger partial charge in [-0.15, -0.1) is 0 Å². The third-order valence-corrected chi connectivity index (χ3v) is 9.82. The van der Waals surface area contributed by atoms with Gasteiger partial charge in [0.2, 0.25) is 0 Å². The van der Waals surface area contributed by atoms with Crippen molar-refractivity contribution in [3.05, 3.63) is 0 Å². The van der Waals surface area contributed by atoms with Crippen molar-refractivity contribution in [1.29, 1.82) is 0 Å². The van der Waals surface area contributed by atoms with Crippen LogP contribution in [0.15, 0.2) is 0 Å². The molecular formula is C17H38Si. The van der Waals surface area contributed by atoms with E-state index in [0.29, 0.717) is 0 Å². The van der Waals surface area contributed by atoms with E-state index in [-0.39, 0.29) is 0 Å². The molecule has 0 rings (SSSR count). The van der Waals surface area contributed by atoms with E-state index in [4.69, 9.17) is 0 Å². The fourth-order valence-corrected chi connectivity index (χ4v) is 4.95. The first-order valence-corrected chi connectivity index (χ1v) is 11.8. The van der Waals surface area contributed by atoms with Crippen molar-refractivity contribution in [2.45, 2.75) is 110 Å². The maximum Gasteiger partial charge on any atom is 0.0499 e. The molecule has 0 radical (unpaired) electrons. The first-order valence-electron chi connectivity index (χ1n) is 8.68. The van der Waals surface area contributed by atoms with Crippen molar-refractivity contribution in [2.75, 3.05) is 0 Å². The van der Waals surface area contributed by atoms with Gasteiger partial charge in [0.15, 0.2) is 0 Å². The van der Waals surface area contributed by atoms with Gasteiger partial charge in [0.25, 0.3) is 0 Å². The van der Waals surface area contributed by atoms with E-state index >= 15 is 0 Å². The Labute approximate surface area is 118 Å². The molecule has 0 aromatic heterocycles. The van der Waals surface area contributed by atoms with E-state index in [1.807, 2.05) is 0 Å². The first-order chi connectivity index (χ1) is 8.68. The SMILES string of the molecule is CCCCCCCCCCCC[Si](C)(CC)CC. The van der Waals surface area contributed by atoms with Gasteiger partial charge in [-0.3, -0.25) is 0 Å². The molecule has 0 atom stereocenters. The Morgan fingerprint density at radius 3 is 1.33 bits per heavy atom. The normalized spacial score (nSPS) is 12.0. The highest BCUT2D eigenvalue weighted by molar-refractivity contribution is 6.78. The quantitative estimate of drug-likeness (QED) is 0.249. The minimum absolute atomic E-state index is 0.788. The lowest BCUT2D eigenvalue weighted by atomic mass is 10.1. The predicted molar refractivity (Wildman–Crippen MR) is 89.2 cm³/mol. The van der Waals surface area contributed by atoms with E-state index in [2.05, 4.69) is 27.3 Å². The monoisotopic (exact) mass is 270 g/mol. The van der Waals surface area contributed by atoms with Crippen LogP contribution in [0.2, 0.25) is 24.7 Å². The number of hydrogen-bond acceptors (Lipinski definition) is 0. The summed E-state index contributed by atoms with van der Waals surface area (Å²) in [7, 11) is -0.788. The summed E-state index contributed by atoms with van der Waals surface area (Å²) in [5, 5.41) is 0. The molecule has 0 aliphatic carbocycles. The van der Waals surface area contributed by atoms with Gasteiger partial charge in [-0.25, -0.2) is 0 Å². The summed E-state index contributed by atoms with van der Waals surface area (Å²) >= 11 is 0. The highest BCUT2D eigenvalue weighted by Gasteiger charge is 2.20. The topological polar surface area (TPSA) is 0 Å². The first kappa shape index (κ1) is 18.2. The molecular weight excluding hydrogens is 232 g/mol. The van der Waals surface area contributed by atoms with Crippen molar-refractivity contribution in [3.8, 4) is 0 Å². The minimum atomic E-state index is -0.788. The van der Waals surface area contributed by atoms with Gasteiger partial charge in [-0.05, 0) is 0 Å². The lowest BCUT2D eigenvalue weighted by Crippen LogP contribution is -2.26. The Hall–Kier alpha value is 0.217. The summed E-state index contributed by atoms with van der Waals surface area (Å²) in [6.45, 7) is 9.71. The average Bonchev–Trinajstić information content (AvgIpc) is 2.40. The van der Waals surface area contributed by atoms with Crippen molar-refractivity contribution in [3.63, 3.8) is 0 Å². The van der Waals surface area contributed by atoms with Crippen molar-refractivity contribution < 1.29 is 0 Å². The zero-order valence-electron chi connectivity index (χ0n) is 13.7. The van der Waals surface area contributed by atoms with Gasteiger partial charge in [0.05, 0.1) is 0 Å². The Bertz CT molecular complexity index is 161. The second-order valence-corrected chi connectivity index (χ2v) is 12.0. The summed E-state index contributed by atoms with van der Waals surface area (Å²) in [5.74, 6) is 0. The Morgan fingerprint density at radius 2 is 0.944 bits per heavy atom. The van der Waals surface area contributed by atoms with Crippen LogP contribution in [0, 0.1) is 0 Å². The molecule has 0 spiro atoms. The molecule has 18 heavy (non-hydrogen) atoms. The number of hydrogen-bond donors (Lipinski definition) is 0. The van der Waals surface area contributed by atoms with Crippen molar-refractivity contribution in [1.82, 2.24) is 0 Å². The van der Waals surface area contributed by atoms with Crippen LogP contribution in [0.5, 0.6) is 0 Å². The summed E-state index contributed by atoms with van der Waals surface area (Å²) in [5.41, 5.74) is 0. The molecule has 0 nitrogen and oxygen atoms in total. The van der Waals surface area contributed by atoms with Crippen molar-refractivity contribution in [2.24, 2.45) is 0 Å². The minimum Gasteiger partial charge on any atom is -0.0692 e. The maximum absolute atomic E-state index is 2.60. The third-order valence-electron chi connectivity index (χ3n) is 4.84. The van der Waals surface area contributed by atoms with E-state index in [9.17, 15) is 0 Å². The molecule has 0 aromatic rings. The zero-order chi connectivity index (χ0) is 13.7. The summed E-state index contributed by atoms with van der Waals surface area (Å²) in [4.78, 5) is 0. The highest BCUT2D eigenvalue weighted by Crippen LogP contribution is 2.23. The molecule has 0 bridgehead atoms. The maximum atomic E-state index is 2.60. The number of rotatable bonds is 13. The van der Waals surface area contributed by atoms with Crippen LogP contribution >= 0.6 is 0 Å². The zero-order valence-corrected chi connectivity index (χ0v) is 14.7. The van der Waals surface area contributed by atoms with E-state index < -0.39 is 8.07 Å². The Balaban J connectivity index is 3.21. The van der Waals surface area contributed by atoms with Gasteiger partial charge in [-0.1, -0.05) is 110 Å². The second-order valence-electron chi connectivity index (χ2n) is 6.45. The van der Waals surface area contributed by atoms with Crippen LogP contribution in [-0.2, 0) is 0 Å². The summed E-state index contributed by atoms with van der Waals surface area (Å²) in [6.07, 6.45) is 14.7. The van der Waals surface area contributed by atoms with Crippen LogP contribution in [0.1, 0.15) is 85.0 Å². The average molecular weight is 271 g/mol. The van der Waals surface area contributed by atoms with Crippen LogP contribution in [-0.4, -0.2) is 8.07 Å². The molecule has 0 saturated carbocycles. The van der Waals surface area contributed by atoms with Crippen molar-refractivity contribution >= 4 is 8.07 Å². The molecule has 0 unspecified atom stereocenters. The Morgan fingerprint density at radius 1 is 0.556 bits per heavy atom. The molecule has 110 valence electrons. The van der Waals surface area contributed by atoms with Gasteiger partial charge in [0.1, 0.15) is 0 Å². The molecule has 0 amide bonds. The molecule has 0 aromatic carbocycles. The van der Waals surface area contributed by atoms with Gasteiger partial charge < -0.3 is 0 Å². The standard InChI is InChI=1S/C17H38Si/c1-5-8-9-10-11-12-13-14-15-16-17-18(4,6-2)7-3/h5-17H2,1-4H3. The van der Waals surface area contributed by atoms with Crippen LogP contribution < -0.4 is 0 Å². The molecule has 0 N–H and O–H groups in total. The van der Waals surface area contributed by atoms with E-state index in [1.165, 1.54) is 76.3 Å². The number of unbranched alkanes of at least 4 members (excludes halogenated alkanes) is 9. The molecule has 0 aliphatic rings. The van der Waals surface area contributed by atoms with Crippen LogP contribution in [0.4, 0.5) is 0 Å². The largest absolute Gasteiger partial charge is 0.0692 e. The molecule has 0 saturated heterocycles. The van der Waals surface area contributed by atoms with E-state index in [0.717, 1.165) is 0 Å².